The van der Waals surface area contributed by atoms with Crippen LogP contribution in [-0.4, -0.2) is 18.4 Å². The van der Waals surface area contributed by atoms with E-state index in [9.17, 15) is 4.79 Å². The lowest BCUT2D eigenvalue weighted by atomic mass is 9.85. The van der Waals surface area contributed by atoms with Crippen molar-refractivity contribution in [3.63, 3.8) is 0 Å². The van der Waals surface area contributed by atoms with Gasteiger partial charge in [0, 0.05) is 0 Å². The maximum absolute atomic E-state index is 10.9. The van der Waals surface area contributed by atoms with Gasteiger partial charge in [0.1, 0.15) is 12.2 Å². The molecule has 0 spiro atoms. The Bertz CT molecular complexity index is 209. The Morgan fingerprint density at radius 2 is 1.93 bits per heavy atom. The van der Waals surface area contributed by atoms with Crippen molar-refractivity contribution in [1.29, 1.82) is 0 Å². The van der Waals surface area contributed by atoms with Crippen LogP contribution in [0.15, 0.2) is 0 Å². The predicted octanol–water partition coefficient (Wildman–Crippen LogP) is 2.88. The summed E-state index contributed by atoms with van der Waals surface area (Å²) in [5.41, 5.74) is 0. The highest BCUT2D eigenvalue weighted by Crippen LogP contribution is 2.31. The Morgan fingerprint density at radius 1 is 1.21 bits per heavy atom. The number of cyclic esters (lactones) is 2. The third kappa shape index (κ3) is 2.20. The molecule has 1 aliphatic heterocycles. The van der Waals surface area contributed by atoms with Crippen LogP contribution in [0.3, 0.4) is 0 Å². The normalized spacial score (nSPS) is 33.9. The van der Waals surface area contributed by atoms with E-state index in [0.29, 0.717) is 0 Å². The van der Waals surface area contributed by atoms with Crippen LogP contribution in [0.5, 0.6) is 0 Å². The van der Waals surface area contributed by atoms with Crippen LogP contribution in [0, 0.1) is 5.92 Å². The molecule has 2 unspecified atom stereocenters. The third-order valence-electron chi connectivity index (χ3n) is 3.34. The molecule has 0 radical (unpaired) electrons. The second kappa shape index (κ2) is 4.20. The van der Waals surface area contributed by atoms with Crippen molar-refractivity contribution in [3.05, 3.63) is 0 Å². The Kier molecular flexibility index (Phi) is 2.94. The van der Waals surface area contributed by atoms with Gasteiger partial charge in [-0.1, -0.05) is 32.1 Å². The zero-order valence-electron chi connectivity index (χ0n) is 8.70. The number of carbonyl (C=O) groups excluding carboxylic acids is 1. The molecule has 1 heterocycles. The molecule has 0 N–H and O–H groups in total. The smallest absolute Gasteiger partial charge is 0.427 e. The van der Waals surface area contributed by atoms with Crippen LogP contribution < -0.4 is 0 Å². The van der Waals surface area contributed by atoms with Crippen molar-refractivity contribution in [2.75, 3.05) is 0 Å². The molecule has 1 aliphatic carbocycles. The third-order valence-corrected chi connectivity index (χ3v) is 3.34. The summed E-state index contributed by atoms with van der Waals surface area (Å²) < 4.78 is 10.1. The Morgan fingerprint density at radius 3 is 2.50 bits per heavy atom. The average molecular weight is 198 g/mol. The van der Waals surface area contributed by atoms with E-state index in [2.05, 4.69) is 0 Å². The number of hydrogen-bond acceptors (Lipinski definition) is 3. The minimum absolute atomic E-state index is 0.00519. The van der Waals surface area contributed by atoms with Crippen LogP contribution in [0.25, 0.3) is 0 Å². The van der Waals surface area contributed by atoms with Crippen LogP contribution in [0.1, 0.15) is 45.4 Å². The zero-order valence-corrected chi connectivity index (χ0v) is 8.70. The highest BCUT2D eigenvalue weighted by atomic mass is 16.8. The molecule has 80 valence electrons. The fraction of sp³-hybridized carbons (Fsp3) is 0.909. The van der Waals surface area contributed by atoms with Gasteiger partial charge in [-0.15, -0.1) is 0 Å². The van der Waals surface area contributed by atoms with E-state index in [0.717, 1.165) is 12.3 Å². The summed E-state index contributed by atoms with van der Waals surface area (Å²) in [6.07, 6.45) is 7.08. The van der Waals surface area contributed by atoms with Gasteiger partial charge >= 0.3 is 6.16 Å². The van der Waals surface area contributed by atoms with E-state index in [1.165, 1.54) is 32.1 Å². The van der Waals surface area contributed by atoms with Gasteiger partial charge in [-0.25, -0.2) is 4.79 Å². The molecule has 2 fully saturated rings. The molecule has 2 atom stereocenters. The Hall–Kier alpha value is -0.730. The van der Waals surface area contributed by atoms with E-state index in [4.69, 9.17) is 9.47 Å². The second-order valence-corrected chi connectivity index (χ2v) is 4.47. The molecular weight excluding hydrogens is 180 g/mol. The maximum Gasteiger partial charge on any atom is 0.509 e. The molecule has 0 amide bonds. The van der Waals surface area contributed by atoms with Crippen molar-refractivity contribution < 1.29 is 14.3 Å². The van der Waals surface area contributed by atoms with E-state index in [-0.39, 0.29) is 12.2 Å². The first-order valence-electron chi connectivity index (χ1n) is 5.63. The van der Waals surface area contributed by atoms with Gasteiger partial charge in [-0.2, -0.15) is 0 Å². The summed E-state index contributed by atoms with van der Waals surface area (Å²) in [7, 11) is 0. The molecule has 14 heavy (non-hydrogen) atoms. The Balaban J connectivity index is 1.81. The van der Waals surface area contributed by atoms with Gasteiger partial charge in [-0.3, -0.25) is 0 Å². The second-order valence-electron chi connectivity index (χ2n) is 4.47. The summed E-state index contributed by atoms with van der Waals surface area (Å²) in [4.78, 5) is 10.9. The fourth-order valence-corrected chi connectivity index (χ4v) is 2.47. The van der Waals surface area contributed by atoms with Crippen molar-refractivity contribution >= 4 is 6.16 Å². The van der Waals surface area contributed by atoms with E-state index in [1.807, 2.05) is 6.92 Å². The van der Waals surface area contributed by atoms with Gasteiger partial charge < -0.3 is 9.47 Å². The highest BCUT2D eigenvalue weighted by molar-refractivity contribution is 5.62. The lowest BCUT2D eigenvalue weighted by molar-refractivity contribution is 0.107. The van der Waals surface area contributed by atoms with Crippen molar-refractivity contribution in [2.45, 2.75) is 57.7 Å². The molecule has 2 aliphatic rings. The molecule has 0 aromatic heterocycles. The molecule has 0 aromatic rings. The van der Waals surface area contributed by atoms with Crippen LogP contribution in [0.4, 0.5) is 4.79 Å². The topological polar surface area (TPSA) is 35.5 Å². The Labute approximate surface area is 84.8 Å². The molecule has 1 saturated carbocycles. The summed E-state index contributed by atoms with van der Waals surface area (Å²) >= 11 is 0. The van der Waals surface area contributed by atoms with Gasteiger partial charge in [0.2, 0.25) is 0 Å². The highest BCUT2D eigenvalue weighted by Gasteiger charge is 2.34. The van der Waals surface area contributed by atoms with Gasteiger partial charge in [0.25, 0.3) is 0 Å². The van der Waals surface area contributed by atoms with Crippen LogP contribution in [-0.2, 0) is 9.47 Å². The molecule has 3 heteroatoms. The monoisotopic (exact) mass is 198 g/mol. The van der Waals surface area contributed by atoms with Crippen molar-refractivity contribution in [2.24, 2.45) is 5.92 Å². The first-order valence-corrected chi connectivity index (χ1v) is 5.63. The van der Waals surface area contributed by atoms with E-state index >= 15 is 0 Å². The number of rotatable bonds is 2. The van der Waals surface area contributed by atoms with E-state index in [1.54, 1.807) is 0 Å². The summed E-state index contributed by atoms with van der Waals surface area (Å²) in [5, 5.41) is 0. The standard InChI is InChI=1S/C11H18O3/c1-8-10(14-11(12)13-8)7-9-5-3-2-4-6-9/h8-10H,2-7H2,1H3. The lowest BCUT2D eigenvalue weighted by Crippen LogP contribution is -2.23. The average Bonchev–Trinajstić information content (AvgIpc) is 2.47. The molecule has 0 bridgehead atoms. The molecule has 3 nitrogen and oxygen atoms in total. The molecular formula is C11H18O3. The summed E-state index contributed by atoms with van der Waals surface area (Å²) in [5.74, 6) is 0.741. The van der Waals surface area contributed by atoms with Crippen LogP contribution in [0.2, 0.25) is 0 Å². The lowest BCUT2D eigenvalue weighted by Gasteiger charge is -2.24. The minimum atomic E-state index is -0.488. The first kappa shape index (κ1) is 9.81. The molecule has 0 aromatic carbocycles. The number of ether oxygens (including phenoxy) is 2. The van der Waals surface area contributed by atoms with Gasteiger partial charge in [0.05, 0.1) is 0 Å². The predicted molar refractivity (Wildman–Crippen MR) is 52.0 cm³/mol. The molecule has 2 rings (SSSR count). The van der Waals surface area contributed by atoms with Crippen LogP contribution >= 0.6 is 0 Å². The first-order chi connectivity index (χ1) is 6.75. The van der Waals surface area contributed by atoms with Crippen molar-refractivity contribution in [1.82, 2.24) is 0 Å². The van der Waals surface area contributed by atoms with Crippen molar-refractivity contribution in [3.8, 4) is 0 Å². The minimum Gasteiger partial charge on any atom is -0.427 e. The van der Waals surface area contributed by atoms with E-state index < -0.39 is 6.16 Å². The van der Waals surface area contributed by atoms with Gasteiger partial charge in [-0.05, 0) is 19.3 Å². The largest absolute Gasteiger partial charge is 0.509 e. The maximum atomic E-state index is 10.9. The van der Waals surface area contributed by atoms with Gasteiger partial charge in [0.15, 0.2) is 0 Å². The SMILES string of the molecule is CC1OC(=O)OC1CC1CCCCC1. The summed E-state index contributed by atoms with van der Waals surface area (Å²) in [6.45, 7) is 1.92. The quantitative estimate of drug-likeness (QED) is 0.640. The molecule has 1 saturated heterocycles. The summed E-state index contributed by atoms with van der Waals surface area (Å²) in [6, 6.07) is 0. The number of carbonyl (C=O) groups is 1. The fourth-order valence-electron chi connectivity index (χ4n) is 2.47. The number of hydrogen-bond donors (Lipinski definition) is 0. The zero-order chi connectivity index (χ0) is 9.97.